The summed E-state index contributed by atoms with van der Waals surface area (Å²) in [6.45, 7) is 9.67. The van der Waals surface area contributed by atoms with Crippen LogP contribution in [0.1, 0.15) is 48.8 Å². The summed E-state index contributed by atoms with van der Waals surface area (Å²) >= 11 is 0. The molecule has 2 aromatic rings. The first-order valence-electron chi connectivity index (χ1n) is 11.8. The van der Waals surface area contributed by atoms with Gasteiger partial charge in [-0.15, -0.1) is 0 Å². The van der Waals surface area contributed by atoms with Crippen LogP contribution in [0.15, 0.2) is 12.1 Å². The molecule has 0 unspecified atom stereocenters. The van der Waals surface area contributed by atoms with Gasteiger partial charge in [0.15, 0.2) is 5.82 Å². The van der Waals surface area contributed by atoms with E-state index in [1.807, 2.05) is 0 Å². The van der Waals surface area contributed by atoms with Gasteiger partial charge >= 0.3 is 0 Å². The summed E-state index contributed by atoms with van der Waals surface area (Å²) in [6.07, 6.45) is 6.14. The Morgan fingerprint density at radius 2 is 1.53 bits per heavy atom. The minimum Gasteiger partial charge on any atom is -0.378 e. The first-order chi connectivity index (χ1) is 15.6. The van der Waals surface area contributed by atoms with Crippen LogP contribution in [0.2, 0.25) is 0 Å². The molecule has 1 saturated carbocycles. The average Bonchev–Trinajstić information content (AvgIpc) is 2.75. The van der Waals surface area contributed by atoms with Crippen LogP contribution in [0.5, 0.6) is 0 Å². The van der Waals surface area contributed by atoms with Gasteiger partial charge in [0, 0.05) is 24.7 Å². The Kier molecular flexibility index (Phi) is 9.64. The number of nitrogens with one attached hydrogen (secondary N) is 2. The number of nitrogens with zero attached hydrogens (tertiary/aromatic N) is 3. The topological polar surface area (TPSA) is 107 Å². The van der Waals surface area contributed by atoms with E-state index in [1.54, 1.807) is 0 Å². The van der Waals surface area contributed by atoms with Crippen molar-refractivity contribution in [1.82, 2.24) is 15.0 Å². The quantitative estimate of drug-likeness (QED) is 0.428. The number of nitrogens with two attached hydrogens (primary N) is 1. The molecule has 1 aliphatic carbocycles. The van der Waals surface area contributed by atoms with Gasteiger partial charge in [0.05, 0.1) is 26.4 Å². The number of ether oxygens (including phenoxy) is 2. The third kappa shape index (κ3) is 7.39. The molecule has 0 aliphatic heterocycles. The lowest BCUT2D eigenvalue weighted by atomic mass is 9.96. The summed E-state index contributed by atoms with van der Waals surface area (Å²) in [5.74, 6) is 1.91. The predicted octanol–water partition coefficient (Wildman–Crippen LogP) is 3.61. The summed E-state index contributed by atoms with van der Waals surface area (Å²) in [5, 5.41) is 6.85. The van der Waals surface area contributed by atoms with Crippen LogP contribution >= 0.6 is 0 Å². The Morgan fingerprint density at radius 1 is 0.875 bits per heavy atom. The van der Waals surface area contributed by atoms with Gasteiger partial charge in [-0.3, -0.25) is 0 Å². The molecule has 8 heteroatoms. The molecular formula is C24H38N6O2. The van der Waals surface area contributed by atoms with Crippen molar-refractivity contribution in [2.45, 2.75) is 58.9 Å². The predicted molar refractivity (Wildman–Crippen MR) is 129 cm³/mol. The number of hydrogen-bond acceptors (Lipinski definition) is 8. The maximum absolute atomic E-state index is 5.60. The largest absolute Gasteiger partial charge is 0.378 e. The molecule has 8 nitrogen and oxygen atoms in total. The maximum atomic E-state index is 5.60. The summed E-state index contributed by atoms with van der Waals surface area (Å²) in [6, 6.07) is 4.77. The van der Waals surface area contributed by atoms with Crippen molar-refractivity contribution in [3.05, 3.63) is 28.8 Å². The molecule has 3 rings (SSSR count). The van der Waals surface area contributed by atoms with Gasteiger partial charge in [-0.25, -0.2) is 0 Å². The molecule has 32 heavy (non-hydrogen) atoms. The van der Waals surface area contributed by atoms with Crippen LogP contribution in [0.25, 0.3) is 11.4 Å². The molecule has 4 N–H and O–H groups in total. The van der Waals surface area contributed by atoms with E-state index in [9.17, 15) is 0 Å². The second kappa shape index (κ2) is 12.7. The van der Waals surface area contributed by atoms with E-state index in [4.69, 9.17) is 25.2 Å². The van der Waals surface area contributed by atoms with Crippen molar-refractivity contribution < 1.29 is 9.47 Å². The summed E-state index contributed by atoms with van der Waals surface area (Å²) in [4.78, 5) is 14.2. The summed E-state index contributed by atoms with van der Waals surface area (Å²) in [5.41, 5.74) is 10.1. The fraction of sp³-hybridized carbons (Fsp3) is 0.625. The van der Waals surface area contributed by atoms with Crippen LogP contribution in [0.3, 0.4) is 0 Å². The van der Waals surface area contributed by atoms with Crippen LogP contribution in [0.4, 0.5) is 11.9 Å². The smallest absolute Gasteiger partial charge is 0.228 e. The Morgan fingerprint density at radius 3 is 2.22 bits per heavy atom. The second-order valence-corrected chi connectivity index (χ2v) is 8.50. The zero-order valence-corrected chi connectivity index (χ0v) is 19.7. The third-order valence-electron chi connectivity index (χ3n) is 5.64. The molecule has 1 aromatic heterocycles. The zero-order valence-electron chi connectivity index (χ0n) is 19.7. The lowest BCUT2D eigenvalue weighted by Gasteiger charge is -2.23. The van der Waals surface area contributed by atoms with Crippen molar-refractivity contribution in [3.63, 3.8) is 0 Å². The highest BCUT2D eigenvalue weighted by molar-refractivity contribution is 5.67. The lowest BCUT2D eigenvalue weighted by molar-refractivity contribution is 0.0547. The highest BCUT2D eigenvalue weighted by atomic mass is 16.5. The molecule has 1 aliphatic rings. The van der Waals surface area contributed by atoms with Gasteiger partial charge in [0.25, 0.3) is 0 Å². The standard InChI is InChI=1S/C24H38N6O2/c1-17-15-18(2)21(19(3)16-17)22-28-23(26-10-12-32-14-13-31-11-9-25)30-24(29-22)27-20-7-5-4-6-8-20/h15-16,20H,4-14,25H2,1-3H3,(H2,26,27,28,29,30). The average molecular weight is 443 g/mol. The first kappa shape index (κ1) is 24.4. The Hall–Kier alpha value is -2.29. The lowest BCUT2D eigenvalue weighted by Crippen LogP contribution is -2.24. The van der Waals surface area contributed by atoms with E-state index in [-0.39, 0.29) is 0 Å². The molecule has 1 heterocycles. The Bertz CT molecular complexity index is 831. The molecule has 0 amide bonds. The molecule has 0 atom stereocenters. The number of aromatic nitrogens is 3. The molecule has 0 spiro atoms. The van der Waals surface area contributed by atoms with E-state index in [1.165, 1.54) is 36.0 Å². The Balaban J connectivity index is 1.71. The van der Waals surface area contributed by atoms with Gasteiger partial charge in [-0.2, -0.15) is 15.0 Å². The van der Waals surface area contributed by atoms with Crippen molar-refractivity contribution >= 4 is 11.9 Å². The SMILES string of the molecule is Cc1cc(C)c(-c2nc(NCCOCCOCCN)nc(NC3CCCCC3)n2)c(C)c1. The number of aryl methyl sites for hydroxylation is 3. The van der Waals surface area contributed by atoms with E-state index in [0.717, 1.165) is 18.4 Å². The minimum absolute atomic E-state index is 0.420. The van der Waals surface area contributed by atoms with Crippen LogP contribution in [-0.4, -0.2) is 60.5 Å². The normalized spacial score (nSPS) is 14.5. The molecule has 0 bridgehead atoms. The fourth-order valence-corrected chi connectivity index (χ4v) is 4.23. The number of rotatable bonds is 12. The monoisotopic (exact) mass is 442 g/mol. The highest BCUT2D eigenvalue weighted by Gasteiger charge is 2.17. The van der Waals surface area contributed by atoms with Crippen molar-refractivity contribution in [1.29, 1.82) is 0 Å². The summed E-state index contributed by atoms with van der Waals surface area (Å²) in [7, 11) is 0. The first-order valence-corrected chi connectivity index (χ1v) is 11.8. The molecular weight excluding hydrogens is 404 g/mol. The molecule has 0 saturated heterocycles. The highest BCUT2D eigenvalue weighted by Crippen LogP contribution is 2.28. The van der Waals surface area contributed by atoms with E-state index in [0.29, 0.717) is 63.3 Å². The Labute approximate surface area is 191 Å². The second-order valence-electron chi connectivity index (χ2n) is 8.50. The molecule has 176 valence electrons. The van der Waals surface area contributed by atoms with Gasteiger partial charge in [-0.05, 0) is 44.7 Å². The van der Waals surface area contributed by atoms with Crippen molar-refractivity contribution in [2.24, 2.45) is 5.73 Å². The van der Waals surface area contributed by atoms with Crippen LogP contribution in [0, 0.1) is 20.8 Å². The van der Waals surface area contributed by atoms with Crippen molar-refractivity contribution in [3.8, 4) is 11.4 Å². The van der Waals surface area contributed by atoms with E-state index < -0.39 is 0 Å². The molecule has 0 radical (unpaired) electrons. The van der Waals surface area contributed by atoms with Crippen molar-refractivity contribution in [2.75, 3.05) is 50.2 Å². The maximum Gasteiger partial charge on any atom is 0.228 e. The number of benzene rings is 1. The van der Waals surface area contributed by atoms with E-state index in [2.05, 4.69) is 48.5 Å². The number of hydrogen-bond donors (Lipinski definition) is 3. The van der Waals surface area contributed by atoms with Gasteiger partial charge in [0.2, 0.25) is 11.9 Å². The molecule has 1 aromatic carbocycles. The third-order valence-corrected chi connectivity index (χ3v) is 5.64. The molecule has 1 fully saturated rings. The van der Waals surface area contributed by atoms with Crippen LogP contribution in [-0.2, 0) is 9.47 Å². The minimum atomic E-state index is 0.420. The van der Waals surface area contributed by atoms with Gasteiger partial charge < -0.3 is 25.8 Å². The fourth-order valence-electron chi connectivity index (χ4n) is 4.23. The number of anilines is 2. The van der Waals surface area contributed by atoms with E-state index >= 15 is 0 Å². The van der Waals surface area contributed by atoms with Gasteiger partial charge in [-0.1, -0.05) is 37.0 Å². The van der Waals surface area contributed by atoms with Gasteiger partial charge in [0.1, 0.15) is 0 Å². The zero-order chi connectivity index (χ0) is 22.8. The summed E-state index contributed by atoms with van der Waals surface area (Å²) < 4.78 is 10.9. The van der Waals surface area contributed by atoms with Crippen LogP contribution < -0.4 is 16.4 Å².